The molecule has 0 aliphatic carbocycles. The van der Waals surface area contributed by atoms with Crippen LogP contribution in [-0.2, 0) is 23.1 Å². The molecule has 1 saturated heterocycles. The van der Waals surface area contributed by atoms with Gasteiger partial charge in [0, 0.05) is 18.3 Å². The highest BCUT2D eigenvalue weighted by atomic mass is 28.4. The molecule has 50 heavy (non-hydrogen) atoms. The van der Waals surface area contributed by atoms with Gasteiger partial charge in [-0.15, -0.1) is 0 Å². The summed E-state index contributed by atoms with van der Waals surface area (Å²) in [6.07, 6.45) is -2.13. The second-order valence-corrected chi connectivity index (χ2v) is 23.5. The van der Waals surface area contributed by atoms with Gasteiger partial charge in [-0.3, -0.25) is 4.79 Å². The molecule has 0 amide bonds. The number of hydrogen-bond acceptors (Lipinski definition) is 6. The van der Waals surface area contributed by atoms with Crippen molar-refractivity contribution in [2.45, 2.75) is 89.5 Å². The molecule has 262 valence electrons. The molecule has 0 bridgehead atoms. The maximum absolute atomic E-state index is 12.1. The molecule has 10 heteroatoms. The first-order valence-corrected chi connectivity index (χ1v) is 21.1. The SMILES string of the molecule is CC(=O)O[C@@H]1C[C@@H](N=[N+]=[N-])[C@@H]([C@@H](CO[Si](c2ccccc2)(c2ccccc2)C(C)(C)C)O[Si](c2ccccc2)(c2ccccc2)C(C)(C)C)O1. The number of rotatable bonds is 12. The molecule has 8 nitrogen and oxygen atoms in total. The summed E-state index contributed by atoms with van der Waals surface area (Å²) >= 11 is 0. The van der Waals surface area contributed by atoms with Gasteiger partial charge in [0.05, 0.1) is 24.9 Å². The van der Waals surface area contributed by atoms with Crippen LogP contribution in [0, 0.1) is 0 Å². The van der Waals surface area contributed by atoms with Gasteiger partial charge in [0.15, 0.2) is 0 Å². The van der Waals surface area contributed by atoms with Crippen LogP contribution >= 0.6 is 0 Å². The van der Waals surface area contributed by atoms with E-state index in [1.807, 2.05) is 24.3 Å². The third-order valence-corrected chi connectivity index (χ3v) is 19.7. The lowest BCUT2D eigenvalue weighted by atomic mass is 10.1. The minimum Gasteiger partial charge on any atom is -0.436 e. The summed E-state index contributed by atoms with van der Waals surface area (Å²) in [5, 5.41) is 8.02. The lowest BCUT2D eigenvalue weighted by Gasteiger charge is -2.48. The molecule has 0 N–H and O–H groups in total. The second kappa shape index (κ2) is 15.5. The van der Waals surface area contributed by atoms with E-state index >= 15 is 0 Å². The van der Waals surface area contributed by atoms with Crippen molar-refractivity contribution in [3.63, 3.8) is 0 Å². The van der Waals surface area contributed by atoms with Crippen LogP contribution in [-0.4, -0.2) is 53.8 Å². The van der Waals surface area contributed by atoms with Crippen LogP contribution in [0.1, 0.15) is 54.9 Å². The summed E-state index contributed by atoms with van der Waals surface area (Å²) in [5.74, 6) is -0.469. The smallest absolute Gasteiger partial charge is 0.304 e. The van der Waals surface area contributed by atoms with E-state index in [1.165, 1.54) is 6.92 Å². The molecule has 0 aromatic heterocycles. The molecular weight excluding hydrogens is 659 g/mol. The van der Waals surface area contributed by atoms with Crippen LogP contribution in [0.25, 0.3) is 10.4 Å². The minimum atomic E-state index is -3.17. The summed E-state index contributed by atoms with van der Waals surface area (Å²) in [4.78, 5) is 15.3. The van der Waals surface area contributed by atoms with Crippen molar-refractivity contribution in [3.05, 3.63) is 132 Å². The van der Waals surface area contributed by atoms with Gasteiger partial charge in [0.1, 0.15) is 0 Å². The Labute approximate surface area is 298 Å². The fourth-order valence-corrected chi connectivity index (χ4v) is 16.8. The molecule has 1 fully saturated rings. The normalized spacial score (nSPS) is 19.0. The van der Waals surface area contributed by atoms with Gasteiger partial charge in [0.25, 0.3) is 16.6 Å². The first-order chi connectivity index (χ1) is 23.8. The van der Waals surface area contributed by atoms with Crippen molar-refractivity contribution in [1.29, 1.82) is 0 Å². The van der Waals surface area contributed by atoms with E-state index < -0.39 is 47.1 Å². The van der Waals surface area contributed by atoms with Gasteiger partial charge in [-0.1, -0.05) is 168 Å². The zero-order valence-electron chi connectivity index (χ0n) is 30.2. The number of benzene rings is 4. The molecule has 1 heterocycles. The van der Waals surface area contributed by atoms with Gasteiger partial charge in [0.2, 0.25) is 6.29 Å². The largest absolute Gasteiger partial charge is 0.436 e. The zero-order valence-corrected chi connectivity index (χ0v) is 32.2. The first kappa shape index (κ1) is 37.2. The summed E-state index contributed by atoms with van der Waals surface area (Å²) in [5.41, 5.74) is 9.71. The lowest BCUT2D eigenvalue weighted by Crippen LogP contribution is -2.70. The first-order valence-electron chi connectivity index (χ1n) is 17.2. The number of carbonyl (C=O) groups excluding carboxylic acids is 1. The fraction of sp³-hybridized carbons (Fsp3) is 0.375. The number of esters is 1. The third kappa shape index (κ3) is 7.51. The number of carbonyl (C=O) groups is 1. The molecule has 0 saturated carbocycles. The number of hydrogen-bond donors (Lipinski definition) is 0. The van der Waals surface area contributed by atoms with Crippen LogP contribution in [0.15, 0.2) is 126 Å². The van der Waals surface area contributed by atoms with Gasteiger partial charge in [-0.25, -0.2) is 0 Å². The molecular formula is C40H49N3O5Si2. The van der Waals surface area contributed by atoms with Gasteiger partial charge in [-0.2, -0.15) is 0 Å². The molecule has 0 radical (unpaired) electrons. The van der Waals surface area contributed by atoms with Gasteiger partial charge in [-0.05, 0) is 36.4 Å². The summed E-state index contributed by atoms with van der Waals surface area (Å²) in [7, 11) is -6.21. The predicted octanol–water partition coefficient (Wildman–Crippen LogP) is 6.87. The van der Waals surface area contributed by atoms with E-state index in [1.54, 1.807) is 0 Å². The number of ether oxygens (including phenoxy) is 2. The summed E-state index contributed by atoms with van der Waals surface area (Å²) in [6, 6.07) is 41.1. The van der Waals surface area contributed by atoms with Crippen molar-refractivity contribution in [2.75, 3.05) is 6.61 Å². The highest BCUT2D eigenvalue weighted by Gasteiger charge is 2.56. The van der Waals surface area contributed by atoms with E-state index in [9.17, 15) is 10.3 Å². The van der Waals surface area contributed by atoms with E-state index in [4.69, 9.17) is 18.3 Å². The van der Waals surface area contributed by atoms with E-state index in [-0.39, 0.29) is 23.1 Å². The molecule has 4 aromatic rings. The predicted molar refractivity (Wildman–Crippen MR) is 204 cm³/mol. The highest BCUT2D eigenvalue weighted by Crippen LogP contribution is 2.41. The van der Waals surface area contributed by atoms with Crippen molar-refractivity contribution in [2.24, 2.45) is 5.11 Å². The number of nitrogens with zero attached hydrogens (tertiary/aromatic N) is 3. The summed E-state index contributed by atoms with van der Waals surface area (Å²) in [6.45, 7) is 14.9. The molecule has 0 unspecified atom stereocenters. The molecule has 1 aliphatic heterocycles. The topological polar surface area (TPSA) is 103 Å². The molecule has 1 aliphatic rings. The Balaban J connectivity index is 1.72. The van der Waals surface area contributed by atoms with E-state index in [2.05, 4.69) is 149 Å². The minimum absolute atomic E-state index is 0.146. The lowest BCUT2D eigenvalue weighted by molar-refractivity contribution is -0.179. The van der Waals surface area contributed by atoms with Crippen molar-refractivity contribution in [3.8, 4) is 0 Å². The molecule has 4 atom stereocenters. The Bertz CT molecular complexity index is 1660. The molecule has 4 aromatic carbocycles. The average molecular weight is 708 g/mol. The van der Waals surface area contributed by atoms with E-state index in [0.29, 0.717) is 0 Å². The molecule has 0 spiro atoms. The van der Waals surface area contributed by atoms with Crippen molar-refractivity contribution in [1.82, 2.24) is 0 Å². The van der Waals surface area contributed by atoms with Crippen molar-refractivity contribution >= 4 is 43.4 Å². The Morgan fingerprint density at radius 2 is 1.16 bits per heavy atom. The van der Waals surface area contributed by atoms with Crippen LogP contribution < -0.4 is 20.7 Å². The van der Waals surface area contributed by atoms with E-state index in [0.717, 1.165) is 20.7 Å². The Morgan fingerprint density at radius 3 is 1.52 bits per heavy atom. The zero-order chi connectivity index (χ0) is 36.0. The average Bonchev–Trinajstić information content (AvgIpc) is 3.48. The maximum atomic E-state index is 12.1. The Hall–Kier alpha value is -4.03. The van der Waals surface area contributed by atoms with Gasteiger partial charge < -0.3 is 18.3 Å². The third-order valence-electron chi connectivity index (χ3n) is 9.61. The summed E-state index contributed by atoms with van der Waals surface area (Å²) < 4.78 is 27.4. The second-order valence-electron chi connectivity index (χ2n) is 14.9. The Kier molecular flexibility index (Phi) is 11.5. The van der Waals surface area contributed by atoms with Crippen LogP contribution in [0.5, 0.6) is 0 Å². The maximum Gasteiger partial charge on any atom is 0.304 e. The van der Waals surface area contributed by atoms with Crippen molar-refractivity contribution < 1.29 is 23.1 Å². The number of azide groups is 1. The monoisotopic (exact) mass is 707 g/mol. The Morgan fingerprint density at radius 1 is 0.760 bits per heavy atom. The van der Waals surface area contributed by atoms with Crippen LogP contribution in [0.2, 0.25) is 10.1 Å². The highest BCUT2D eigenvalue weighted by molar-refractivity contribution is 7.00. The van der Waals surface area contributed by atoms with Gasteiger partial charge >= 0.3 is 5.97 Å². The standard InChI is InChI=1S/C40H49N3O5Si2/c1-30(44)46-37-28-35(42-43-41)38(47-37)36(48-50(40(5,6)7,33-24-16-10-17-25-33)34-26-18-11-19-27-34)29-45-49(39(2,3)4,31-20-12-8-13-21-31)32-22-14-9-15-23-32/h8-27,35-38H,28-29H2,1-7H3/t35-,36-,37+,38+/m1/s1. The van der Waals surface area contributed by atoms with Crippen LogP contribution in [0.3, 0.4) is 0 Å². The van der Waals surface area contributed by atoms with Crippen LogP contribution in [0.4, 0.5) is 0 Å². The quantitative estimate of drug-likeness (QED) is 0.0526. The fourth-order valence-electron chi connectivity index (χ4n) is 7.51. The molecule has 5 rings (SSSR count).